The fourth-order valence-corrected chi connectivity index (χ4v) is 3.66. The summed E-state index contributed by atoms with van der Waals surface area (Å²) in [5.41, 5.74) is -0.103. The first-order valence-electron chi connectivity index (χ1n) is 9.60. The van der Waals surface area contributed by atoms with Crippen molar-refractivity contribution in [1.29, 1.82) is 0 Å². The molecule has 1 atom stereocenters. The minimum absolute atomic E-state index is 0.167. The maximum Gasteiger partial charge on any atom is 0.410 e. The summed E-state index contributed by atoms with van der Waals surface area (Å²) in [5.74, 6) is 0.662. The quantitative estimate of drug-likeness (QED) is 0.833. The number of nitrogens with one attached hydrogen (secondary N) is 1. The van der Waals surface area contributed by atoms with Gasteiger partial charge in [-0.1, -0.05) is 6.92 Å². The first kappa shape index (κ1) is 19.5. The van der Waals surface area contributed by atoms with Gasteiger partial charge in [0.1, 0.15) is 5.60 Å². The molecule has 0 aromatic heterocycles. The Kier molecular flexibility index (Phi) is 6.93. The number of rotatable bonds is 5. The third-order valence-corrected chi connectivity index (χ3v) is 5.41. The highest BCUT2D eigenvalue weighted by atomic mass is 16.6. The van der Waals surface area contributed by atoms with Gasteiger partial charge in [0.2, 0.25) is 0 Å². The van der Waals surface area contributed by atoms with Gasteiger partial charge in [0.05, 0.1) is 6.61 Å². The maximum absolute atomic E-state index is 12.2. The monoisotopic (exact) mass is 340 g/mol. The zero-order valence-electron chi connectivity index (χ0n) is 16.0. The second-order valence-electron chi connectivity index (χ2n) is 8.54. The van der Waals surface area contributed by atoms with E-state index in [4.69, 9.17) is 9.47 Å². The van der Waals surface area contributed by atoms with Gasteiger partial charge in [-0.15, -0.1) is 0 Å². The Balaban J connectivity index is 1.75. The van der Waals surface area contributed by atoms with Crippen LogP contribution >= 0.6 is 0 Å². The number of piperidine rings is 1. The van der Waals surface area contributed by atoms with Crippen molar-refractivity contribution in [3.8, 4) is 0 Å². The second kappa shape index (κ2) is 8.52. The van der Waals surface area contributed by atoms with Gasteiger partial charge in [0, 0.05) is 32.8 Å². The first-order chi connectivity index (χ1) is 11.3. The Labute approximate surface area is 147 Å². The van der Waals surface area contributed by atoms with Crippen molar-refractivity contribution < 1.29 is 14.3 Å². The molecule has 0 aromatic carbocycles. The number of nitrogens with zero attached hydrogens (tertiary/aromatic N) is 1. The van der Waals surface area contributed by atoms with E-state index in [-0.39, 0.29) is 6.09 Å². The van der Waals surface area contributed by atoms with Crippen molar-refractivity contribution >= 4 is 6.09 Å². The van der Waals surface area contributed by atoms with Crippen LogP contribution in [0.1, 0.15) is 59.8 Å². The lowest BCUT2D eigenvalue weighted by molar-refractivity contribution is 0.00876. The summed E-state index contributed by atoms with van der Waals surface area (Å²) in [6.07, 6.45) is 5.56. The van der Waals surface area contributed by atoms with Crippen LogP contribution in [0.4, 0.5) is 4.79 Å². The maximum atomic E-state index is 12.2. The molecule has 0 spiro atoms. The largest absolute Gasteiger partial charge is 0.444 e. The molecule has 5 nitrogen and oxygen atoms in total. The molecule has 140 valence electrons. The van der Waals surface area contributed by atoms with Crippen LogP contribution in [0.3, 0.4) is 0 Å². The fraction of sp³-hybridized carbons (Fsp3) is 0.947. The predicted octanol–water partition coefficient (Wildman–Crippen LogP) is 3.43. The molecule has 2 rings (SSSR count). The molecule has 1 unspecified atom stereocenters. The smallest absolute Gasteiger partial charge is 0.410 e. The predicted molar refractivity (Wildman–Crippen MR) is 96.2 cm³/mol. The molecule has 0 radical (unpaired) electrons. The van der Waals surface area contributed by atoms with Gasteiger partial charge in [0.15, 0.2) is 0 Å². The topological polar surface area (TPSA) is 50.8 Å². The molecule has 2 heterocycles. The number of ether oxygens (including phenoxy) is 2. The van der Waals surface area contributed by atoms with Crippen molar-refractivity contribution in [2.75, 3.05) is 39.4 Å². The summed E-state index contributed by atoms with van der Waals surface area (Å²) in [5, 5.41) is 3.68. The van der Waals surface area contributed by atoms with Crippen molar-refractivity contribution in [2.45, 2.75) is 65.4 Å². The summed E-state index contributed by atoms with van der Waals surface area (Å²) in [6.45, 7) is 13.6. The zero-order valence-corrected chi connectivity index (χ0v) is 16.0. The molecule has 1 amide bonds. The normalized spacial score (nSPS) is 24.7. The molecule has 5 heteroatoms. The van der Waals surface area contributed by atoms with Gasteiger partial charge in [-0.05, 0) is 64.2 Å². The van der Waals surface area contributed by atoms with Crippen LogP contribution in [0.15, 0.2) is 0 Å². The zero-order chi connectivity index (χ0) is 17.6. The lowest BCUT2D eigenvalue weighted by atomic mass is 9.76. The van der Waals surface area contributed by atoms with Gasteiger partial charge < -0.3 is 19.7 Å². The van der Waals surface area contributed by atoms with E-state index in [1.165, 1.54) is 12.8 Å². The molecule has 2 fully saturated rings. The lowest BCUT2D eigenvalue weighted by Gasteiger charge is -2.42. The average Bonchev–Trinajstić information content (AvgIpc) is 2.55. The van der Waals surface area contributed by atoms with Gasteiger partial charge in [-0.3, -0.25) is 0 Å². The SMILES string of the molecule is CCC1(CNCC2CCCOC2)CCN(C(=O)OC(C)(C)C)CC1. The molecule has 24 heavy (non-hydrogen) atoms. The number of hydrogen-bond donors (Lipinski definition) is 1. The van der Waals surface area contributed by atoms with Crippen molar-refractivity contribution in [3.63, 3.8) is 0 Å². The van der Waals surface area contributed by atoms with E-state index in [0.717, 1.165) is 58.7 Å². The lowest BCUT2D eigenvalue weighted by Crippen LogP contribution is -2.48. The van der Waals surface area contributed by atoms with Crippen LogP contribution in [0.2, 0.25) is 0 Å². The molecule has 1 N–H and O–H groups in total. The van der Waals surface area contributed by atoms with Gasteiger partial charge in [-0.25, -0.2) is 4.79 Å². The minimum Gasteiger partial charge on any atom is -0.444 e. The number of likely N-dealkylation sites (tertiary alicyclic amines) is 1. The van der Waals surface area contributed by atoms with E-state index in [2.05, 4.69) is 12.2 Å². The first-order valence-corrected chi connectivity index (χ1v) is 9.60. The van der Waals surface area contributed by atoms with E-state index < -0.39 is 5.60 Å². The van der Waals surface area contributed by atoms with E-state index >= 15 is 0 Å². The highest BCUT2D eigenvalue weighted by Crippen LogP contribution is 2.34. The summed E-state index contributed by atoms with van der Waals surface area (Å²) >= 11 is 0. The van der Waals surface area contributed by atoms with Crippen molar-refractivity contribution in [1.82, 2.24) is 10.2 Å². The Morgan fingerprint density at radius 2 is 2.04 bits per heavy atom. The molecule has 0 aromatic rings. The minimum atomic E-state index is -0.417. The van der Waals surface area contributed by atoms with Gasteiger partial charge in [0.25, 0.3) is 0 Å². The van der Waals surface area contributed by atoms with Crippen molar-refractivity contribution in [2.24, 2.45) is 11.3 Å². The molecule has 0 saturated carbocycles. The second-order valence-corrected chi connectivity index (χ2v) is 8.54. The number of carbonyl (C=O) groups is 1. The van der Waals surface area contributed by atoms with Crippen LogP contribution in [0, 0.1) is 11.3 Å². The Bertz CT molecular complexity index is 392. The third-order valence-electron chi connectivity index (χ3n) is 5.41. The molecule has 2 saturated heterocycles. The summed E-state index contributed by atoms with van der Waals surface area (Å²) in [7, 11) is 0. The van der Waals surface area contributed by atoms with Gasteiger partial charge >= 0.3 is 6.09 Å². The van der Waals surface area contributed by atoms with Crippen LogP contribution in [0.25, 0.3) is 0 Å². The molecule has 2 aliphatic heterocycles. The Hall–Kier alpha value is -0.810. The summed E-state index contributed by atoms with van der Waals surface area (Å²) in [6, 6.07) is 0. The highest BCUT2D eigenvalue weighted by Gasteiger charge is 2.35. The molecule has 0 aliphatic carbocycles. The molecular formula is C19H36N2O3. The van der Waals surface area contributed by atoms with E-state index in [1.807, 2.05) is 25.7 Å². The van der Waals surface area contributed by atoms with Crippen LogP contribution in [0.5, 0.6) is 0 Å². The van der Waals surface area contributed by atoms with E-state index in [1.54, 1.807) is 0 Å². The Morgan fingerprint density at radius 1 is 1.33 bits per heavy atom. The van der Waals surface area contributed by atoms with Crippen molar-refractivity contribution in [3.05, 3.63) is 0 Å². The van der Waals surface area contributed by atoms with Crippen LogP contribution in [-0.2, 0) is 9.47 Å². The summed E-state index contributed by atoms with van der Waals surface area (Å²) in [4.78, 5) is 14.1. The van der Waals surface area contributed by atoms with Crippen LogP contribution < -0.4 is 5.32 Å². The van der Waals surface area contributed by atoms with Gasteiger partial charge in [-0.2, -0.15) is 0 Å². The number of hydrogen-bond acceptors (Lipinski definition) is 4. The number of amides is 1. The molecule has 0 bridgehead atoms. The van der Waals surface area contributed by atoms with E-state index in [9.17, 15) is 4.79 Å². The number of carbonyl (C=O) groups excluding carboxylic acids is 1. The fourth-order valence-electron chi connectivity index (χ4n) is 3.66. The summed E-state index contributed by atoms with van der Waals surface area (Å²) < 4.78 is 11.1. The standard InChI is InChI=1S/C19H36N2O3/c1-5-19(15-20-13-16-7-6-12-23-14-16)8-10-21(11-9-19)17(22)24-18(2,3)4/h16,20H,5-15H2,1-4H3. The molecule has 2 aliphatic rings. The molecular weight excluding hydrogens is 304 g/mol. The third kappa shape index (κ3) is 5.92. The highest BCUT2D eigenvalue weighted by molar-refractivity contribution is 5.68. The van der Waals surface area contributed by atoms with E-state index in [0.29, 0.717) is 11.3 Å². The average molecular weight is 341 g/mol. The van der Waals surface area contributed by atoms with Crippen LogP contribution in [-0.4, -0.2) is 56.0 Å². The Morgan fingerprint density at radius 3 is 2.58 bits per heavy atom.